The third-order valence-corrected chi connectivity index (χ3v) is 6.87. The Morgan fingerprint density at radius 3 is 2.42 bits per heavy atom. The number of carbonyl (C=O) groups excluding carboxylic acids is 1. The average Bonchev–Trinajstić information content (AvgIpc) is 2.86. The van der Waals surface area contributed by atoms with Crippen molar-refractivity contribution in [2.45, 2.75) is 44.9 Å². The maximum atomic E-state index is 12.8. The molecule has 0 aliphatic rings. The standard InChI is InChI=1S/C30H31NO6S/c1-21(2)7-13-25-14-10-24(12-18-30(33)34)20-28(25)31-29(32)17-11-23-5-4-6-26(19-23)37-38(35,36)27-15-8-22(3)9-16-27/h4-10,12,14-16,18-20H,11,13,17H2,1-3H3,(H,31,32)(H,33,34)/b18-12+. The Morgan fingerprint density at radius 2 is 1.74 bits per heavy atom. The van der Waals surface area contributed by atoms with Gasteiger partial charge >= 0.3 is 16.1 Å². The number of amides is 1. The van der Waals surface area contributed by atoms with Gasteiger partial charge in [0, 0.05) is 18.2 Å². The molecule has 0 radical (unpaired) electrons. The maximum Gasteiger partial charge on any atom is 0.339 e. The summed E-state index contributed by atoms with van der Waals surface area (Å²) in [7, 11) is -3.98. The molecule has 0 aromatic heterocycles. The highest BCUT2D eigenvalue weighted by Crippen LogP contribution is 2.23. The highest BCUT2D eigenvalue weighted by atomic mass is 32.2. The number of anilines is 1. The van der Waals surface area contributed by atoms with E-state index in [2.05, 4.69) is 5.32 Å². The quantitative estimate of drug-likeness (QED) is 0.179. The third kappa shape index (κ3) is 8.74. The number of hydrogen-bond acceptors (Lipinski definition) is 5. The van der Waals surface area contributed by atoms with E-state index >= 15 is 0 Å². The number of carboxylic acid groups (broad SMARTS) is 1. The predicted molar refractivity (Wildman–Crippen MR) is 149 cm³/mol. The van der Waals surface area contributed by atoms with Crippen LogP contribution in [0.15, 0.2) is 89.4 Å². The fourth-order valence-corrected chi connectivity index (χ4v) is 4.50. The lowest BCUT2D eigenvalue weighted by Crippen LogP contribution is -2.14. The van der Waals surface area contributed by atoms with Crippen molar-refractivity contribution in [3.8, 4) is 5.75 Å². The lowest BCUT2D eigenvalue weighted by molar-refractivity contribution is -0.131. The molecule has 3 rings (SSSR count). The second kappa shape index (κ2) is 12.9. The smallest absolute Gasteiger partial charge is 0.339 e. The number of hydrogen-bond donors (Lipinski definition) is 2. The highest BCUT2D eigenvalue weighted by Gasteiger charge is 2.17. The number of carbonyl (C=O) groups is 2. The normalized spacial score (nSPS) is 11.2. The van der Waals surface area contributed by atoms with Gasteiger partial charge in [-0.15, -0.1) is 0 Å². The van der Waals surface area contributed by atoms with Gasteiger partial charge in [0.25, 0.3) is 0 Å². The predicted octanol–water partition coefficient (Wildman–Crippen LogP) is 5.94. The van der Waals surface area contributed by atoms with Crippen molar-refractivity contribution in [3.63, 3.8) is 0 Å². The van der Waals surface area contributed by atoms with E-state index in [0.717, 1.165) is 28.3 Å². The molecule has 1 amide bonds. The first-order valence-electron chi connectivity index (χ1n) is 12.1. The molecule has 0 unspecified atom stereocenters. The van der Waals surface area contributed by atoms with Crippen molar-refractivity contribution in [3.05, 3.63) is 107 Å². The molecule has 8 heteroatoms. The first-order chi connectivity index (χ1) is 18.0. The first kappa shape index (κ1) is 28.4. The van der Waals surface area contributed by atoms with Gasteiger partial charge in [-0.3, -0.25) is 4.79 Å². The van der Waals surface area contributed by atoms with Crippen molar-refractivity contribution in [2.75, 3.05) is 5.32 Å². The monoisotopic (exact) mass is 533 g/mol. The van der Waals surface area contributed by atoms with Crippen LogP contribution in [-0.2, 0) is 32.5 Å². The van der Waals surface area contributed by atoms with Crippen molar-refractivity contribution >= 4 is 33.8 Å². The van der Waals surface area contributed by atoms with E-state index in [1.54, 1.807) is 48.5 Å². The van der Waals surface area contributed by atoms with Gasteiger partial charge in [0.2, 0.25) is 5.91 Å². The molecule has 2 N–H and O–H groups in total. The fraction of sp³-hybridized carbons (Fsp3) is 0.200. The molecular formula is C30H31NO6S. The molecular weight excluding hydrogens is 502 g/mol. The van der Waals surface area contributed by atoms with Gasteiger partial charge < -0.3 is 14.6 Å². The van der Waals surface area contributed by atoms with Crippen LogP contribution in [-0.4, -0.2) is 25.4 Å². The summed E-state index contributed by atoms with van der Waals surface area (Å²) in [4.78, 5) is 23.8. The Hall–Kier alpha value is -4.17. The van der Waals surface area contributed by atoms with E-state index in [-0.39, 0.29) is 23.0 Å². The van der Waals surface area contributed by atoms with Crippen molar-refractivity contribution in [1.29, 1.82) is 0 Å². The molecule has 0 saturated carbocycles. The Labute approximate surface area is 223 Å². The minimum Gasteiger partial charge on any atom is -0.478 e. The number of carboxylic acids is 1. The second-order valence-corrected chi connectivity index (χ2v) is 10.7. The lowest BCUT2D eigenvalue weighted by Gasteiger charge is -2.12. The summed E-state index contributed by atoms with van der Waals surface area (Å²) in [5.41, 5.74) is 5.01. The molecule has 198 valence electrons. The van der Waals surface area contributed by atoms with Crippen LogP contribution in [0.2, 0.25) is 0 Å². The van der Waals surface area contributed by atoms with Gasteiger partial charge in [-0.1, -0.05) is 53.6 Å². The molecule has 0 aliphatic carbocycles. The largest absolute Gasteiger partial charge is 0.478 e. The minimum atomic E-state index is -3.98. The number of benzene rings is 3. The summed E-state index contributed by atoms with van der Waals surface area (Å²) in [5, 5.41) is 11.8. The highest BCUT2D eigenvalue weighted by molar-refractivity contribution is 7.87. The molecule has 3 aromatic carbocycles. The van der Waals surface area contributed by atoms with Crippen LogP contribution in [0.4, 0.5) is 5.69 Å². The molecule has 0 atom stereocenters. The van der Waals surface area contributed by atoms with Crippen LogP contribution in [0.1, 0.15) is 42.5 Å². The van der Waals surface area contributed by atoms with Crippen LogP contribution < -0.4 is 9.50 Å². The molecule has 0 bridgehead atoms. The van der Waals surface area contributed by atoms with Crippen molar-refractivity contribution in [1.82, 2.24) is 0 Å². The zero-order chi connectivity index (χ0) is 27.7. The van der Waals surface area contributed by atoms with E-state index in [9.17, 15) is 18.0 Å². The number of allylic oxidation sites excluding steroid dienone is 2. The van der Waals surface area contributed by atoms with Crippen LogP contribution in [0.25, 0.3) is 6.08 Å². The summed E-state index contributed by atoms with van der Waals surface area (Å²) >= 11 is 0. The molecule has 0 fully saturated rings. The van der Waals surface area contributed by atoms with Gasteiger partial charge in [0.1, 0.15) is 10.6 Å². The molecule has 0 spiro atoms. The SMILES string of the molecule is CC(C)=CCc1ccc(/C=C/C(=O)O)cc1NC(=O)CCc1cccc(OS(=O)(=O)c2ccc(C)cc2)c1. The molecule has 0 saturated heterocycles. The summed E-state index contributed by atoms with van der Waals surface area (Å²) in [6, 6.07) is 18.5. The second-order valence-electron chi connectivity index (χ2n) is 9.12. The van der Waals surface area contributed by atoms with Crippen LogP contribution in [0.5, 0.6) is 5.75 Å². The summed E-state index contributed by atoms with van der Waals surface area (Å²) in [5.74, 6) is -1.10. The topological polar surface area (TPSA) is 110 Å². The molecule has 3 aromatic rings. The van der Waals surface area contributed by atoms with Gasteiger partial charge in [-0.25, -0.2) is 4.79 Å². The molecule has 0 heterocycles. The number of aryl methyl sites for hydroxylation is 2. The molecule has 0 aliphatic heterocycles. The maximum absolute atomic E-state index is 12.8. The minimum absolute atomic E-state index is 0.0669. The van der Waals surface area contributed by atoms with Crippen LogP contribution in [0, 0.1) is 6.92 Å². The van der Waals surface area contributed by atoms with Gasteiger partial charge in [0.05, 0.1) is 0 Å². The summed E-state index contributed by atoms with van der Waals surface area (Å²) in [6.07, 6.45) is 5.72. The summed E-state index contributed by atoms with van der Waals surface area (Å²) < 4.78 is 30.5. The Balaban J connectivity index is 1.69. The Kier molecular flexibility index (Phi) is 9.62. The van der Waals surface area contributed by atoms with Crippen molar-refractivity contribution < 1.29 is 27.3 Å². The van der Waals surface area contributed by atoms with Crippen LogP contribution in [0.3, 0.4) is 0 Å². The third-order valence-electron chi connectivity index (χ3n) is 5.61. The Bertz CT molecular complexity index is 1470. The number of rotatable bonds is 11. The van der Waals surface area contributed by atoms with Gasteiger partial charge in [0.15, 0.2) is 0 Å². The zero-order valence-corrected chi connectivity index (χ0v) is 22.4. The lowest BCUT2D eigenvalue weighted by atomic mass is 10.0. The van der Waals surface area contributed by atoms with Gasteiger partial charge in [-0.05, 0) is 86.7 Å². The molecule has 38 heavy (non-hydrogen) atoms. The molecule has 7 nitrogen and oxygen atoms in total. The van der Waals surface area contributed by atoms with E-state index in [0.29, 0.717) is 24.1 Å². The van der Waals surface area contributed by atoms with E-state index in [4.69, 9.17) is 9.29 Å². The van der Waals surface area contributed by atoms with E-state index in [1.807, 2.05) is 32.9 Å². The number of nitrogens with one attached hydrogen (secondary N) is 1. The van der Waals surface area contributed by atoms with E-state index in [1.165, 1.54) is 18.2 Å². The Morgan fingerprint density at radius 1 is 1.00 bits per heavy atom. The summed E-state index contributed by atoms with van der Waals surface area (Å²) in [6.45, 7) is 5.85. The zero-order valence-electron chi connectivity index (χ0n) is 21.6. The fourth-order valence-electron chi connectivity index (χ4n) is 3.58. The number of aliphatic carboxylic acids is 1. The first-order valence-corrected chi connectivity index (χ1v) is 13.5. The van der Waals surface area contributed by atoms with Crippen molar-refractivity contribution in [2.24, 2.45) is 0 Å². The van der Waals surface area contributed by atoms with Gasteiger partial charge in [-0.2, -0.15) is 8.42 Å². The van der Waals surface area contributed by atoms with Crippen LogP contribution >= 0.6 is 0 Å². The van der Waals surface area contributed by atoms with E-state index < -0.39 is 16.1 Å². The average molecular weight is 534 g/mol.